The van der Waals surface area contributed by atoms with E-state index in [4.69, 9.17) is 0 Å². The van der Waals surface area contributed by atoms with Gasteiger partial charge in [0.15, 0.2) is 0 Å². The molecule has 114 valence electrons. The maximum Gasteiger partial charge on any atom is 0.0597 e. The van der Waals surface area contributed by atoms with E-state index in [1.807, 2.05) is 4.68 Å². The molecule has 1 saturated heterocycles. The summed E-state index contributed by atoms with van der Waals surface area (Å²) in [7, 11) is 2.05. The molecule has 0 saturated carbocycles. The minimum absolute atomic E-state index is 0.622. The summed E-state index contributed by atoms with van der Waals surface area (Å²) < 4.78 is 2.03. The van der Waals surface area contributed by atoms with E-state index in [1.165, 1.54) is 18.5 Å². The molecular formula is C16H30N4. The van der Waals surface area contributed by atoms with Crippen LogP contribution in [0.2, 0.25) is 0 Å². The van der Waals surface area contributed by atoms with Crippen LogP contribution in [-0.4, -0.2) is 39.9 Å². The van der Waals surface area contributed by atoms with Gasteiger partial charge in [0.25, 0.3) is 0 Å². The number of aromatic nitrogens is 2. The first-order valence-corrected chi connectivity index (χ1v) is 8.02. The van der Waals surface area contributed by atoms with Gasteiger partial charge in [-0.25, -0.2) is 0 Å². The number of aryl methyl sites for hydroxylation is 2. The Labute approximate surface area is 123 Å². The number of hydrogen-bond acceptors (Lipinski definition) is 3. The summed E-state index contributed by atoms with van der Waals surface area (Å²) in [5.41, 5.74) is 2.44. The van der Waals surface area contributed by atoms with E-state index in [0.717, 1.165) is 31.2 Å². The van der Waals surface area contributed by atoms with Crippen LogP contribution in [0.25, 0.3) is 0 Å². The maximum absolute atomic E-state index is 4.47. The van der Waals surface area contributed by atoms with Crippen molar-refractivity contribution in [3.63, 3.8) is 0 Å². The summed E-state index contributed by atoms with van der Waals surface area (Å²) in [5.74, 6) is 0.739. The van der Waals surface area contributed by atoms with Crippen LogP contribution in [0.1, 0.15) is 45.0 Å². The van der Waals surface area contributed by atoms with Crippen molar-refractivity contribution >= 4 is 0 Å². The quantitative estimate of drug-likeness (QED) is 0.897. The second-order valence-electron chi connectivity index (χ2n) is 6.29. The molecule has 20 heavy (non-hydrogen) atoms. The van der Waals surface area contributed by atoms with Crippen molar-refractivity contribution in [1.82, 2.24) is 20.0 Å². The Kier molecular flexibility index (Phi) is 5.22. The molecule has 3 unspecified atom stereocenters. The number of nitrogens with one attached hydrogen (secondary N) is 1. The smallest absolute Gasteiger partial charge is 0.0597 e. The lowest BCUT2D eigenvalue weighted by molar-refractivity contribution is 0.0969. The molecule has 1 aromatic rings. The standard InChI is InChI=1S/C16H30N4/c1-6-12(3)16-11-20(14(7-2)9-17-16)10-15-8-13(4)18-19(15)5/h8,12,14,16-17H,6-7,9-11H2,1-5H3. The lowest BCUT2D eigenvalue weighted by Gasteiger charge is -2.42. The van der Waals surface area contributed by atoms with Crippen LogP contribution < -0.4 is 5.32 Å². The zero-order chi connectivity index (χ0) is 14.7. The summed E-state index contributed by atoms with van der Waals surface area (Å²) in [4.78, 5) is 2.64. The van der Waals surface area contributed by atoms with Gasteiger partial charge in [0.05, 0.1) is 11.4 Å². The number of hydrogen-bond donors (Lipinski definition) is 1. The van der Waals surface area contributed by atoms with Crippen molar-refractivity contribution in [2.45, 2.75) is 59.2 Å². The van der Waals surface area contributed by atoms with E-state index >= 15 is 0 Å². The van der Waals surface area contributed by atoms with Crippen LogP contribution in [-0.2, 0) is 13.6 Å². The first kappa shape index (κ1) is 15.5. The molecule has 0 bridgehead atoms. The first-order valence-electron chi connectivity index (χ1n) is 8.02. The third kappa shape index (κ3) is 3.41. The largest absolute Gasteiger partial charge is 0.311 e. The Balaban J connectivity index is 2.07. The Morgan fingerprint density at radius 1 is 1.45 bits per heavy atom. The van der Waals surface area contributed by atoms with Crippen molar-refractivity contribution in [3.05, 3.63) is 17.5 Å². The molecule has 2 rings (SSSR count). The van der Waals surface area contributed by atoms with Gasteiger partial charge in [-0.1, -0.05) is 27.2 Å². The minimum atomic E-state index is 0.622. The fourth-order valence-electron chi connectivity index (χ4n) is 3.16. The molecule has 4 heteroatoms. The van der Waals surface area contributed by atoms with Crippen molar-refractivity contribution < 1.29 is 0 Å². The molecule has 0 aromatic carbocycles. The molecular weight excluding hydrogens is 248 g/mol. The molecule has 1 aliphatic heterocycles. The molecule has 1 aromatic heterocycles. The van der Waals surface area contributed by atoms with Crippen LogP contribution in [0.4, 0.5) is 0 Å². The van der Waals surface area contributed by atoms with E-state index in [2.05, 4.69) is 56.1 Å². The molecule has 4 nitrogen and oxygen atoms in total. The molecule has 3 atom stereocenters. The topological polar surface area (TPSA) is 33.1 Å². The summed E-state index contributed by atoms with van der Waals surface area (Å²) >= 11 is 0. The fourth-order valence-corrected chi connectivity index (χ4v) is 3.16. The third-order valence-electron chi connectivity index (χ3n) is 4.83. The SMILES string of the molecule is CCC(C)C1CN(Cc2cc(C)nn2C)C(CC)CN1. The Morgan fingerprint density at radius 3 is 2.75 bits per heavy atom. The summed E-state index contributed by atoms with van der Waals surface area (Å²) in [6.45, 7) is 12.3. The van der Waals surface area contributed by atoms with Crippen molar-refractivity contribution in [2.24, 2.45) is 13.0 Å². The molecule has 1 aliphatic rings. The predicted octanol–water partition coefficient (Wildman–Crippen LogP) is 2.33. The molecule has 0 radical (unpaired) electrons. The zero-order valence-electron chi connectivity index (χ0n) is 13.7. The highest BCUT2D eigenvalue weighted by Gasteiger charge is 2.29. The van der Waals surface area contributed by atoms with Gasteiger partial charge in [0, 0.05) is 38.8 Å². The average molecular weight is 278 g/mol. The Hall–Kier alpha value is -0.870. The fraction of sp³-hybridized carbons (Fsp3) is 0.812. The molecule has 0 aliphatic carbocycles. The number of rotatable bonds is 5. The van der Waals surface area contributed by atoms with Gasteiger partial charge in [0.2, 0.25) is 0 Å². The maximum atomic E-state index is 4.47. The van der Waals surface area contributed by atoms with E-state index in [1.54, 1.807) is 0 Å². The zero-order valence-corrected chi connectivity index (χ0v) is 13.7. The summed E-state index contributed by atoms with van der Waals surface area (Å²) in [6, 6.07) is 3.48. The third-order valence-corrected chi connectivity index (χ3v) is 4.83. The van der Waals surface area contributed by atoms with E-state index in [-0.39, 0.29) is 0 Å². The van der Waals surface area contributed by atoms with Crippen LogP contribution in [0, 0.1) is 12.8 Å². The van der Waals surface area contributed by atoms with Gasteiger partial charge >= 0.3 is 0 Å². The predicted molar refractivity (Wildman–Crippen MR) is 83.7 cm³/mol. The van der Waals surface area contributed by atoms with Gasteiger partial charge in [-0.05, 0) is 25.3 Å². The molecule has 0 amide bonds. The van der Waals surface area contributed by atoms with Gasteiger partial charge in [0.1, 0.15) is 0 Å². The van der Waals surface area contributed by atoms with Crippen LogP contribution in [0.3, 0.4) is 0 Å². The van der Waals surface area contributed by atoms with Gasteiger partial charge < -0.3 is 5.32 Å². The lowest BCUT2D eigenvalue weighted by Crippen LogP contribution is -2.57. The monoisotopic (exact) mass is 278 g/mol. The van der Waals surface area contributed by atoms with Gasteiger partial charge in [-0.2, -0.15) is 5.10 Å². The van der Waals surface area contributed by atoms with Gasteiger partial charge in [-0.15, -0.1) is 0 Å². The average Bonchev–Trinajstić information content (AvgIpc) is 2.76. The van der Waals surface area contributed by atoms with Crippen LogP contribution >= 0.6 is 0 Å². The van der Waals surface area contributed by atoms with Crippen molar-refractivity contribution in [2.75, 3.05) is 13.1 Å². The normalized spacial score (nSPS) is 25.9. The summed E-state index contributed by atoms with van der Waals surface area (Å²) in [6.07, 6.45) is 2.45. The minimum Gasteiger partial charge on any atom is -0.311 e. The van der Waals surface area contributed by atoms with Crippen LogP contribution in [0.5, 0.6) is 0 Å². The van der Waals surface area contributed by atoms with Gasteiger partial charge in [-0.3, -0.25) is 9.58 Å². The second kappa shape index (κ2) is 6.72. The lowest BCUT2D eigenvalue weighted by atomic mass is 9.94. The van der Waals surface area contributed by atoms with E-state index in [9.17, 15) is 0 Å². The molecule has 2 heterocycles. The molecule has 1 N–H and O–H groups in total. The highest BCUT2D eigenvalue weighted by Crippen LogP contribution is 2.19. The second-order valence-corrected chi connectivity index (χ2v) is 6.29. The van der Waals surface area contributed by atoms with E-state index < -0.39 is 0 Å². The van der Waals surface area contributed by atoms with Crippen LogP contribution in [0.15, 0.2) is 6.07 Å². The van der Waals surface area contributed by atoms with E-state index in [0.29, 0.717) is 12.1 Å². The highest BCUT2D eigenvalue weighted by atomic mass is 15.3. The Morgan fingerprint density at radius 2 is 2.20 bits per heavy atom. The van der Waals surface area contributed by atoms with Crippen molar-refractivity contribution in [1.29, 1.82) is 0 Å². The molecule has 0 spiro atoms. The van der Waals surface area contributed by atoms with Crippen molar-refractivity contribution in [3.8, 4) is 0 Å². The number of piperazine rings is 1. The molecule has 1 fully saturated rings. The Bertz CT molecular complexity index is 426. The first-order chi connectivity index (χ1) is 9.55. The number of nitrogens with zero attached hydrogens (tertiary/aromatic N) is 3. The summed E-state index contributed by atoms with van der Waals surface area (Å²) in [5, 5.41) is 8.21. The highest BCUT2D eigenvalue weighted by molar-refractivity contribution is 5.09.